The first kappa shape index (κ1) is 17.6. The molecule has 1 aliphatic rings. The number of unbranched alkanes of at least 4 members (excludes halogenated alkanes) is 2. The van der Waals surface area contributed by atoms with Crippen LogP contribution in [0.15, 0.2) is 12.2 Å². The zero-order chi connectivity index (χ0) is 15.2. The van der Waals surface area contributed by atoms with E-state index in [0.29, 0.717) is 12.8 Å². The minimum absolute atomic E-state index is 0.0766. The van der Waals surface area contributed by atoms with Gasteiger partial charge >= 0.3 is 0 Å². The fourth-order valence-corrected chi connectivity index (χ4v) is 3.05. The SMILES string of the molecule is CCCCCC(C)(O)/C=C/C1[C@@H](CC(O)O)CC[C@H]1O. The van der Waals surface area contributed by atoms with E-state index in [1.54, 1.807) is 13.0 Å². The lowest BCUT2D eigenvalue weighted by molar-refractivity contribution is -0.0593. The predicted molar refractivity (Wildman–Crippen MR) is 79.0 cm³/mol. The van der Waals surface area contributed by atoms with Gasteiger partial charge in [-0.05, 0) is 32.1 Å². The maximum absolute atomic E-state index is 10.3. The second-order valence-electron chi connectivity index (χ2n) is 6.37. The molecule has 0 aliphatic heterocycles. The Hall–Kier alpha value is -0.420. The minimum Gasteiger partial charge on any atom is -0.393 e. The maximum atomic E-state index is 10.3. The van der Waals surface area contributed by atoms with Crippen LogP contribution in [0.5, 0.6) is 0 Å². The monoisotopic (exact) mass is 286 g/mol. The summed E-state index contributed by atoms with van der Waals surface area (Å²) in [7, 11) is 0. The zero-order valence-corrected chi connectivity index (χ0v) is 12.7. The molecule has 0 radical (unpaired) electrons. The molecule has 20 heavy (non-hydrogen) atoms. The highest BCUT2D eigenvalue weighted by Gasteiger charge is 2.34. The Morgan fingerprint density at radius 3 is 2.55 bits per heavy atom. The number of aliphatic hydroxyl groups excluding tert-OH is 2. The second kappa shape index (κ2) is 8.13. The molecule has 118 valence electrons. The van der Waals surface area contributed by atoms with Crippen molar-refractivity contribution in [2.24, 2.45) is 11.8 Å². The van der Waals surface area contributed by atoms with Gasteiger partial charge < -0.3 is 20.4 Å². The van der Waals surface area contributed by atoms with Crippen LogP contribution in [-0.4, -0.2) is 38.4 Å². The molecule has 0 heterocycles. The zero-order valence-electron chi connectivity index (χ0n) is 12.7. The van der Waals surface area contributed by atoms with Gasteiger partial charge in [-0.2, -0.15) is 0 Å². The Morgan fingerprint density at radius 2 is 1.95 bits per heavy atom. The van der Waals surface area contributed by atoms with Gasteiger partial charge in [-0.25, -0.2) is 0 Å². The Morgan fingerprint density at radius 1 is 1.25 bits per heavy atom. The van der Waals surface area contributed by atoms with Crippen molar-refractivity contribution in [1.29, 1.82) is 0 Å². The lowest BCUT2D eigenvalue weighted by Gasteiger charge is -2.23. The molecule has 0 amide bonds. The lowest BCUT2D eigenvalue weighted by Crippen LogP contribution is -2.24. The molecule has 1 rings (SSSR count). The Bertz CT molecular complexity index is 299. The van der Waals surface area contributed by atoms with Crippen molar-refractivity contribution in [3.05, 3.63) is 12.2 Å². The highest BCUT2D eigenvalue weighted by Crippen LogP contribution is 2.36. The van der Waals surface area contributed by atoms with Crippen LogP contribution in [0.3, 0.4) is 0 Å². The fraction of sp³-hybridized carbons (Fsp3) is 0.875. The van der Waals surface area contributed by atoms with Crippen molar-refractivity contribution < 1.29 is 20.4 Å². The molecule has 4 heteroatoms. The maximum Gasteiger partial charge on any atom is 0.151 e. The first-order chi connectivity index (χ1) is 9.35. The Labute approximate surface area is 122 Å². The summed E-state index contributed by atoms with van der Waals surface area (Å²) in [6.07, 6.45) is 7.57. The molecule has 0 aromatic carbocycles. The van der Waals surface area contributed by atoms with E-state index in [-0.39, 0.29) is 18.3 Å². The fourth-order valence-electron chi connectivity index (χ4n) is 3.05. The molecule has 2 unspecified atom stereocenters. The van der Waals surface area contributed by atoms with Crippen molar-refractivity contribution >= 4 is 0 Å². The van der Waals surface area contributed by atoms with Gasteiger partial charge in [0, 0.05) is 12.3 Å². The second-order valence-corrected chi connectivity index (χ2v) is 6.37. The summed E-state index contributed by atoms with van der Waals surface area (Å²) in [6, 6.07) is 0. The number of rotatable bonds is 8. The summed E-state index contributed by atoms with van der Waals surface area (Å²) >= 11 is 0. The van der Waals surface area contributed by atoms with Gasteiger partial charge in [-0.1, -0.05) is 38.3 Å². The molecule has 1 aliphatic carbocycles. The standard InChI is InChI=1S/C16H30O4/c1-3-4-5-9-16(2,20)10-8-13-12(11-15(18)19)6-7-14(13)17/h8,10,12-15,17-20H,3-7,9,11H2,1-2H3/b10-8+/t12-,13?,14-,16?/m1/s1. The van der Waals surface area contributed by atoms with Crippen molar-refractivity contribution in [3.63, 3.8) is 0 Å². The van der Waals surface area contributed by atoms with Crippen LogP contribution in [0.2, 0.25) is 0 Å². The van der Waals surface area contributed by atoms with E-state index in [9.17, 15) is 10.2 Å². The molecular formula is C16H30O4. The van der Waals surface area contributed by atoms with Crippen molar-refractivity contribution in [3.8, 4) is 0 Å². The summed E-state index contributed by atoms with van der Waals surface area (Å²) in [5, 5.41) is 38.5. The Balaban J connectivity index is 2.56. The van der Waals surface area contributed by atoms with Gasteiger partial charge in [0.1, 0.15) is 0 Å². The van der Waals surface area contributed by atoms with E-state index in [1.807, 2.05) is 6.08 Å². The van der Waals surface area contributed by atoms with Crippen molar-refractivity contribution in [2.75, 3.05) is 0 Å². The van der Waals surface area contributed by atoms with Gasteiger partial charge in [-0.3, -0.25) is 0 Å². The van der Waals surface area contributed by atoms with Crippen LogP contribution in [0, 0.1) is 11.8 Å². The molecular weight excluding hydrogens is 256 g/mol. The largest absolute Gasteiger partial charge is 0.393 e. The highest BCUT2D eigenvalue weighted by atomic mass is 16.5. The number of hydrogen-bond acceptors (Lipinski definition) is 4. The molecule has 0 saturated heterocycles. The topological polar surface area (TPSA) is 80.9 Å². The molecule has 0 aromatic heterocycles. The summed E-state index contributed by atoms with van der Waals surface area (Å²) in [5.41, 5.74) is -0.847. The van der Waals surface area contributed by atoms with E-state index in [0.717, 1.165) is 25.7 Å². The van der Waals surface area contributed by atoms with Crippen LogP contribution in [0.25, 0.3) is 0 Å². The van der Waals surface area contributed by atoms with Crippen LogP contribution in [0.1, 0.15) is 58.8 Å². The van der Waals surface area contributed by atoms with E-state index in [4.69, 9.17) is 10.2 Å². The van der Waals surface area contributed by atoms with E-state index in [2.05, 4.69) is 6.92 Å². The lowest BCUT2D eigenvalue weighted by atomic mass is 9.88. The van der Waals surface area contributed by atoms with Crippen LogP contribution < -0.4 is 0 Å². The van der Waals surface area contributed by atoms with E-state index in [1.165, 1.54) is 0 Å². The van der Waals surface area contributed by atoms with Gasteiger partial charge in [0.2, 0.25) is 0 Å². The van der Waals surface area contributed by atoms with Gasteiger partial charge in [0.25, 0.3) is 0 Å². The molecule has 4 atom stereocenters. The average Bonchev–Trinajstić information content (AvgIpc) is 2.67. The van der Waals surface area contributed by atoms with E-state index < -0.39 is 18.0 Å². The molecule has 0 spiro atoms. The summed E-state index contributed by atoms with van der Waals surface area (Å²) in [5.74, 6) is -0.0119. The molecule has 0 bridgehead atoms. The third-order valence-corrected chi connectivity index (χ3v) is 4.30. The predicted octanol–water partition coefficient (Wildman–Crippen LogP) is 1.96. The smallest absolute Gasteiger partial charge is 0.151 e. The van der Waals surface area contributed by atoms with Crippen molar-refractivity contribution in [2.45, 2.75) is 76.8 Å². The molecule has 1 saturated carbocycles. The third kappa shape index (κ3) is 5.92. The van der Waals surface area contributed by atoms with Crippen LogP contribution in [-0.2, 0) is 0 Å². The summed E-state index contributed by atoms with van der Waals surface area (Å²) in [4.78, 5) is 0. The van der Waals surface area contributed by atoms with E-state index >= 15 is 0 Å². The first-order valence-electron chi connectivity index (χ1n) is 7.81. The average molecular weight is 286 g/mol. The van der Waals surface area contributed by atoms with Gasteiger partial charge in [-0.15, -0.1) is 0 Å². The molecule has 4 N–H and O–H groups in total. The molecule has 0 aromatic rings. The van der Waals surface area contributed by atoms with Crippen molar-refractivity contribution in [1.82, 2.24) is 0 Å². The number of hydrogen-bond donors (Lipinski definition) is 4. The normalized spacial score (nSPS) is 30.2. The van der Waals surface area contributed by atoms with Gasteiger partial charge in [0.05, 0.1) is 11.7 Å². The quantitative estimate of drug-likeness (QED) is 0.312. The molecule has 1 fully saturated rings. The molecule has 4 nitrogen and oxygen atoms in total. The van der Waals surface area contributed by atoms with Gasteiger partial charge in [0.15, 0.2) is 6.29 Å². The van der Waals surface area contributed by atoms with Crippen LogP contribution in [0.4, 0.5) is 0 Å². The Kier molecular flexibility index (Phi) is 7.17. The summed E-state index contributed by atoms with van der Waals surface area (Å²) in [6.45, 7) is 3.92. The summed E-state index contributed by atoms with van der Waals surface area (Å²) < 4.78 is 0. The van der Waals surface area contributed by atoms with Crippen LogP contribution >= 0.6 is 0 Å². The first-order valence-corrected chi connectivity index (χ1v) is 7.81. The third-order valence-electron chi connectivity index (χ3n) is 4.30. The minimum atomic E-state index is -1.33. The number of aliphatic hydroxyl groups is 4. The highest BCUT2D eigenvalue weighted by molar-refractivity contribution is 5.05.